The van der Waals surface area contributed by atoms with Gasteiger partial charge in [-0.25, -0.2) is 9.97 Å². The average molecular weight is 244 g/mol. The standard InChI is InChI=1S/C14H20N4/c1-2-4-9(3-1)13-17-12-8-15-7-11(12)14(18-13)16-10-5-6-10/h9-10,15H,1-8H2,(H,16,17,18). The number of nitrogens with one attached hydrogen (secondary N) is 2. The summed E-state index contributed by atoms with van der Waals surface area (Å²) in [5, 5.41) is 6.99. The quantitative estimate of drug-likeness (QED) is 0.856. The summed E-state index contributed by atoms with van der Waals surface area (Å²) in [6.45, 7) is 1.84. The first-order chi connectivity index (χ1) is 8.90. The van der Waals surface area contributed by atoms with Crippen molar-refractivity contribution in [2.24, 2.45) is 0 Å². The molecule has 0 unspecified atom stereocenters. The van der Waals surface area contributed by atoms with Gasteiger partial charge in [0.05, 0.1) is 5.69 Å². The Morgan fingerprint density at radius 3 is 2.61 bits per heavy atom. The van der Waals surface area contributed by atoms with Gasteiger partial charge in [0.15, 0.2) is 0 Å². The Morgan fingerprint density at radius 2 is 1.83 bits per heavy atom. The summed E-state index contributed by atoms with van der Waals surface area (Å²) in [6.07, 6.45) is 7.82. The number of hydrogen-bond acceptors (Lipinski definition) is 4. The van der Waals surface area contributed by atoms with Gasteiger partial charge in [0, 0.05) is 30.6 Å². The molecule has 1 aromatic rings. The molecule has 2 N–H and O–H groups in total. The van der Waals surface area contributed by atoms with Gasteiger partial charge in [0.25, 0.3) is 0 Å². The molecule has 0 aromatic carbocycles. The van der Waals surface area contributed by atoms with Gasteiger partial charge in [-0.05, 0) is 25.7 Å². The summed E-state index contributed by atoms with van der Waals surface area (Å²) < 4.78 is 0. The minimum atomic E-state index is 0.607. The van der Waals surface area contributed by atoms with Crippen LogP contribution in [-0.4, -0.2) is 16.0 Å². The molecule has 2 saturated carbocycles. The van der Waals surface area contributed by atoms with E-state index in [1.54, 1.807) is 0 Å². The third-order valence-electron chi connectivity index (χ3n) is 4.34. The van der Waals surface area contributed by atoms with Gasteiger partial charge in [-0.1, -0.05) is 12.8 Å². The number of hydrogen-bond donors (Lipinski definition) is 2. The van der Waals surface area contributed by atoms with Gasteiger partial charge in [-0.15, -0.1) is 0 Å². The van der Waals surface area contributed by atoms with Crippen molar-refractivity contribution < 1.29 is 0 Å². The fraction of sp³-hybridized carbons (Fsp3) is 0.714. The van der Waals surface area contributed by atoms with E-state index in [1.807, 2.05) is 0 Å². The van der Waals surface area contributed by atoms with Crippen molar-refractivity contribution in [2.75, 3.05) is 5.32 Å². The predicted molar refractivity (Wildman–Crippen MR) is 70.4 cm³/mol. The van der Waals surface area contributed by atoms with Crippen LogP contribution in [0.4, 0.5) is 5.82 Å². The van der Waals surface area contributed by atoms with Crippen molar-refractivity contribution in [3.05, 3.63) is 17.1 Å². The van der Waals surface area contributed by atoms with E-state index in [0.29, 0.717) is 12.0 Å². The third kappa shape index (κ3) is 1.88. The molecule has 0 amide bonds. The second-order valence-electron chi connectivity index (χ2n) is 5.86. The van der Waals surface area contributed by atoms with E-state index in [-0.39, 0.29) is 0 Å². The monoisotopic (exact) mass is 244 g/mol. The Labute approximate surface area is 108 Å². The van der Waals surface area contributed by atoms with Gasteiger partial charge < -0.3 is 10.6 Å². The zero-order valence-corrected chi connectivity index (χ0v) is 10.7. The highest BCUT2D eigenvalue weighted by molar-refractivity contribution is 5.50. The molecule has 0 saturated heterocycles. The van der Waals surface area contributed by atoms with Crippen LogP contribution in [0.25, 0.3) is 0 Å². The van der Waals surface area contributed by atoms with Gasteiger partial charge >= 0.3 is 0 Å². The molecular formula is C14H20N4. The predicted octanol–water partition coefficient (Wildman–Crippen LogP) is 2.31. The number of aromatic nitrogens is 2. The van der Waals surface area contributed by atoms with Gasteiger partial charge in [-0.3, -0.25) is 0 Å². The highest BCUT2D eigenvalue weighted by atomic mass is 15.1. The molecule has 0 spiro atoms. The first-order valence-corrected chi connectivity index (χ1v) is 7.27. The lowest BCUT2D eigenvalue weighted by Crippen LogP contribution is -2.12. The number of fused-ring (bicyclic) bond motifs is 1. The van der Waals surface area contributed by atoms with Crippen LogP contribution in [0.2, 0.25) is 0 Å². The fourth-order valence-corrected chi connectivity index (χ4v) is 3.09. The molecule has 3 aliphatic rings. The normalized spacial score (nSPS) is 23.3. The second-order valence-corrected chi connectivity index (χ2v) is 5.86. The zero-order chi connectivity index (χ0) is 11.9. The Hall–Kier alpha value is -1.16. The van der Waals surface area contributed by atoms with E-state index in [4.69, 9.17) is 9.97 Å². The maximum absolute atomic E-state index is 4.84. The van der Waals surface area contributed by atoms with Crippen LogP contribution < -0.4 is 10.6 Å². The van der Waals surface area contributed by atoms with Crippen molar-refractivity contribution in [1.82, 2.24) is 15.3 Å². The van der Waals surface area contributed by atoms with Crippen LogP contribution in [0.15, 0.2) is 0 Å². The van der Waals surface area contributed by atoms with E-state index in [0.717, 1.165) is 24.7 Å². The number of anilines is 1. The van der Waals surface area contributed by atoms with Gasteiger partial charge in [0.2, 0.25) is 0 Å². The molecule has 2 fully saturated rings. The van der Waals surface area contributed by atoms with Crippen LogP contribution in [-0.2, 0) is 13.1 Å². The SMILES string of the molecule is C1CCC(c2nc3c(c(NC4CC4)n2)CNC3)C1. The summed E-state index contributed by atoms with van der Waals surface area (Å²) >= 11 is 0. The molecule has 0 radical (unpaired) electrons. The summed E-state index contributed by atoms with van der Waals surface area (Å²) in [6, 6.07) is 0.668. The molecule has 1 aromatic heterocycles. The summed E-state index contributed by atoms with van der Waals surface area (Å²) in [5.41, 5.74) is 2.54. The largest absolute Gasteiger partial charge is 0.367 e. The minimum absolute atomic E-state index is 0.607. The van der Waals surface area contributed by atoms with E-state index in [9.17, 15) is 0 Å². The molecule has 2 heterocycles. The molecule has 2 aliphatic carbocycles. The Morgan fingerprint density at radius 1 is 1.00 bits per heavy atom. The van der Waals surface area contributed by atoms with Crippen LogP contribution in [0.3, 0.4) is 0 Å². The maximum atomic E-state index is 4.84. The summed E-state index contributed by atoms with van der Waals surface area (Å²) in [5.74, 6) is 2.82. The molecule has 4 nitrogen and oxygen atoms in total. The van der Waals surface area contributed by atoms with E-state index in [2.05, 4.69) is 10.6 Å². The minimum Gasteiger partial charge on any atom is -0.367 e. The maximum Gasteiger partial charge on any atom is 0.134 e. The van der Waals surface area contributed by atoms with Crippen LogP contribution in [0.1, 0.15) is 61.5 Å². The Bertz CT molecular complexity index is 461. The lowest BCUT2D eigenvalue weighted by atomic mass is 10.1. The topological polar surface area (TPSA) is 49.8 Å². The smallest absolute Gasteiger partial charge is 0.134 e. The molecule has 96 valence electrons. The zero-order valence-electron chi connectivity index (χ0n) is 10.7. The molecule has 4 heteroatoms. The average Bonchev–Trinajstić information content (AvgIpc) is 2.89. The second kappa shape index (κ2) is 4.19. The van der Waals surface area contributed by atoms with Crippen LogP contribution in [0, 0.1) is 0 Å². The van der Waals surface area contributed by atoms with Crippen molar-refractivity contribution in [2.45, 2.75) is 63.6 Å². The van der Waals surface area contributed by atoms with E-state index >= 15 is 0 Å². The molecule has 0 atom stereocenters. The molecule has 4 rings (SSSR count). The van der Waals surface area contributed by atoms with Crippen molar-refractivity contribution in [1.29, 1.82) is 0 Å². The fourth-order valence-electron chi connectivity index (χ4n) is 3.09. The lowest BCUT2D eigenvalue weighted by Gasteiger charge is -2.14. The molecular weight excluding hydrogens is 224 g/mol. The number of nitrogens with zero attached hydrogens (tertiary/aromatic N) is 2. The Balaban J connectivity index is 1.70. The third-order valence-corrected chi connectivity index (χ3v) is 4.34. The van der Waals surface area contributed by atoms with E-state index in [1.165, 1.54) is 49.8 Å². The lowest BCUT2D eigenvalue weighted by molar-refractivity contribution is 0.660. The van der Waals surface area contributed by atoms with Crippen molar-refractivity contribution in [3.8, 4) is 0 Å². The number of rotatable bonds is 3. The molecule has 1 aliphatic heterocycles. The van der Waals surface area contributed by atoms with Crippen LogP contribution in [0.5, 0.6) is 0 Å². The van der Waals surface area contributed by atoms with Gasteiger partial charge in [0.1, 0.15) is 11.6 Å². The van der Waals surface area contributed by atoms with Crippen LogP contribution >= 0.6 is 0 Å². The first-order valence-electron chi connectivity index (χ1n) is 7.27. The molecule has 18 heavy (non-hydrogen) atoms. The Kier molecular flexibility index (Phi) is 2.50. The molecule has 0 bridgehead atoms. The van der Waals surface area contributed by atoms with E-state index < -0.39 is 0 Å². The summed E-state index contributed by atoms with van der Waals surface area (Å²) in [7, 11) is 0. The van der Waals surface area contributed by atoms with Crippen molar-refractivity contribution in [3.63, 3.8) is 0 Å². The van der Waals surface area contributed by atoms with Gasteiger partial charge in [-0.2, -0.15) is 0 Å². The highest BCUT2D eigenvalue weighted by Crippen LogP contribution is 2.35. The van der Waals surface area contributed by atoms with Crippen molar-refractivity contribution >= 4 is 5.82 Å². The summed E-state index contributed by atoms with van der Waals surface area (Å²) in [4.78, 5) is 9.65. The first kappa shape index (κ1) is 10.7. The highest BCUT2D eigenvalue weighted by Gasteiger charge is 2.28.